The first-order chi connectivity index (χ1) is 6.83. The lowest BCUT2D eigenvalue weighted by Gasteiger charge is -2.32. The van der Waals surface area contributed by atoms with Gasteiger partial charge in [0.15, 0.2) is 0 Å². The molecule has 2 aliphatic rings. The minimum absolute atomic E-state index is 0.105. The lowest BCUT2D eigenvalue weighted by atomic mass is 10.2. The van der Waals surface area contributed by atoms with Crippen LogP contribution in [-0.2, 0) is 9.53 Å². The van der Waals surface area contributed by atoms with Crippen LogP contribution in [0.25, 0.3) is 0 Å². The van der Waals surface area contributed by atoms with Gasteiger partial charge in [0.05, 0.1) is 19.2 Å². The third-order valence-corrected chi connectivity index (χ3v) is 2.81. The summed E-state index contributed by atoms with van der Waals surface area (Å²) in [6, 6.07) is 0.379. The van der Waals surface area contributed by atoms with Crippen molar-refractivity contribution in [2.45, 2.75) is 18.9 Å². The van der Waals surface area contributed by atoms with Gasteiger partial charge in [0.2, 0.25) is 0 Å². The molecule has 1 unspecified atom stereocenters. The van der Waals surface area contributed by atoms with Crippen LogP contribution in [0.4, 0.5) is 0 Å². The van der Waals surface area contributed by atoms with E-state index in [4.69, 9.17) is 4.74 Å². The Morgan fingerprint density at radius 3 is 3.14 bits per heavy atom. The molecule has 1 saturated heterocycles. The van der Waals surface area contributed by atoms with Crippen molar-refractivity contribution < 1.29 is 9.53 Å². The van der Waals surface area contributed by atoms with Gasteiger partial charge in [-0.3, -0.25) is 9.80 Å². The molecule has 0 saturated carbocycles. The van der Waals surface area contributed by atoms with E-state index in [1.54, 1.807) is 13.2 Å². The van der Waals surface area contributed by atoms with E-state index in [-0.39, 0.29) is 5.91 Å². The molecule has 14 heavy (non-hydrogen) atoms. The molecule has 2 rings (SSSR count). The van der Waals surface area contributed by atoms with Gasteiger partial charge in [-0.25, -0.2) is 5.01 Å². The summed E-state index contributed by atoms with van der Waals surface area (Å²) in [7, 11) is 1.71. The Hall–Kier alpha value is -0.870. The van der Waals surface area contributed by atoms with Crippen molar-refractivity contribution in [1.29, 1.82) is 0 Å². The summed E-state index contributed by atoms with van der Waals surface area (Å²) in [6.45, 7) is 2.41. The summed E-state index contributed by atoms with van der Waals surface area (Å²) < 4.78 is 5.15. The molecule has 0 aliphatic carbocycles. The SMILES string of the molecule is COCC1CCCN1N1CC=CC1=O. The van der Waals surface area contributed by atoms with Crippen LogP contribution in [0.3, 0.4) is 0 Å². The fourth-order valence-electron chi connectivity index (χ4n) is 2.16. The molecule has 1 fully saturated rings. The van der Waals surface area contributed by atoms with E-state index < -0.39 is 0 Å². The third-order valence-electron chi connectivity index (χ3n) is 2.81. The van der Waals surface area contributed by atoms with Crippen LogP contribution in [0.15, 0.2) is 12.2 Å². The molecular formula is C10H16N2O2. The van der Waals surface area contributed by atoms with Crippen LogP contribution in [0.2, 0.25) is 0 Å². The number of hydrogen-bond donors (Lipinski definition) is 0. The summed E-state index contributed by atoms with van der Waals surface area (Å²) in [5, 5.41) is 3.96. The van der Waals surface area contributed by atoms with Gasteiger partial charge in [-0.05, 0) is 12.8 Å². The van der Waals surface area contributed by atoms with Gasteiger partial charge in [-0.15, -0.1) is 0 Å². The molecule has 4 heteroatoms. The average molecular weight is 196 g/mol. The Labute approximate surface area is 84.1 Å². The first-order valence-corrected chi connectivity index (χ1v) is 5.06. The highest BCUT2D eigenvalue weighted by Crippen LogP contribution is 2.21. The molecule has 1 amide bonds. The van der Waals surface area contributed by atoms with Crippen molar-refractivity contribution in [1.82, 2.24) is 10.0 Å². The van der Waals surface area contributed by atoms with Crippen LogP contribution in [0, 0.1) is 0 Å². The van der Waals surface area contributed by atoms with Crippen LogP contribution >= 0.6 is 0 Å². The van der Waals surface area contributed by atoms with Crippen molar-refractivity contribution in [2.75, 3.05) is 26.8 Å². The maximum absolute atomic E-state index is 11.5. The molecule has 0 radical (unpaired) electrons. The standard InChI is InChI=1S/C10H16N2O2/c1-14-8-9-4-2-6-11(9)12-7-3-5-10(12)13/h3,5,9H,2,4,6-8H2,1H3. The molecule has 1 atom stereocenters. The van der Waals surface area contributed by atoms with Gasteiger partial charge in [-0.1, -0.05) is 6.08 Å². The van der Waals surface area contributed by atoms with Gasteiger partial charge < -0.3 is 4.74 Å². The summed E-state index contributed by atoms with van der Waals surface area (Å²) in [6.07, 6.45) is 5.82. The molecule has 78 valence electrons. The molecule has 0 aromatic carbocycles. The molecule has 0 N–H and O–H groups in total. The first kappa shape index (κ1) is 9.68. The number of ether oxygens (including phenoxy) is 1. The highest BCUT2D eigenvalue weighted by Gasteiger charge is 2.32. The van der Waals surface area contributed by atoms with E-state index >= 15 is 0 Å². The van der Waals surface area contributed by atoms with Gasteiger partial charge >= 0.3 is 0 Å². The molecular weight excluding hydrogens is 180 g/mol. The average Bonchev–Trinajstić information content (AvgIpc) is 2.74. The van der Waals surface area contributed by atoms with Crippen molar-refractivity contribution in [2.24, 2.45) is 0 Å². The number of methoxy groups -OCH3 is 1. The summed E-state index contributed by atoms with van der Waals surface area (Å²) >= 11 is 0. The molecule has 0 aromatic rings. The van der Waals surface area contributed by atoms with Crippen LogP contribution in [0.5, 0.6) is 0 Å². The van der Waals surface area contributed by atoms with E-state index in [0.717, 1.165) is 25.9 Å². The zero-order valence-electron chi connectivity index (χ0n) is 8.48. The Kier molecular flexibility index (Phi) is 2.84. The second-order valence-electron chi connectivity index (χ2n) is 3.74. The zero-order valence-corrected chi connectivity index (χ0v) is 8.48. The monoisotopic (exact) mass is 196 g/mol. The zero-order chi connectivity index (χ0) is 9.97. The number of hydrogen-bond acceptors (Lipinski definition) is 3. The highest BCUT2D eigenvalue weighted by molar-refractivity contribution is 5.89. The molecule has 2 aliphatic heterocycles. The van der Waals surface area contributed by atoms with Crippen molar-refractivity contribution >= 4 is 5.91 Å². The fraction of sp³-hybridized carbons (Fsp3) is 0.700. The number of amides is 1. The second-order valence-corrected chi connectivity index (χ2v) is 3.74. The first-order valence-electron chi connectivity index (χ1n) is 5.06. The van der Waals surface area contributed by atoms with E-state index in [1.807, 2.05) is 11.1 Å². The maximum atomic E-state index is 11.5. The Bertz CT molecular complexity index is 253. The lowest BCUT2D eigenvalue weighted by molar-refractivity contribution is -0.143. The van der Waals surface area contributed by atoms with Gasteiger partial charge in [0.1, 0.15) is 0 Å². The summed E-state index contributed by atoms with van der Waals surface area (Å²) in [4.78, 5) is 11.5. The van der Waals surface area contributed by atoms with Crippen LogP contribution in [-0.4, -0.2) is 48.8 Å². The third kappa shape index (κ3) is 1.67. The smallest absolute Gasteiger partial charge is 0.260 e. The number of rotatable bonds is 3. The number of carbonyl (C=O) groups excluding carboxylic acids is 1. The molecule has 0 aromatic heterocycles. The van der Waals surface area contributed by atoms with E-state index in [0.29, 0.717) is 12.6 Å². The number of nitrogens with zero attached hydrogens (tertiary/aromatic N) is 2. The van der Waals surface area contributed by atoms with Gasteiger partial charge in [0, 0.05) is 19.7 Å². The predicted octanol–water partition coefficient (Wildman–Crippen LogP) is 0.411. The normalized spacial score (nSPS) is 27.9. The van der Waals surface area contributed by atoms with Crippen molar-refractivity contribution in [3.8, 4) is 0 Å². The topological polar surface area (TPSA) is 32.8 Å². The molecule has 2 heterocycles. The van der Waals surface area contributed by atoms with E-state index in [9.17, 15) is 4.79 Å². The van der Waals surface area contributed by atoms with Crippen molar-refractivity contribution in [3.05, 3.63) is 12.2 Å². The minimum atomic E-state index is 0.105. The van der Waals surface area contributed by atoms with E-state index in [1.165, 1.54) is 0 Å². The summed E-state index contributed by atoms with van der Waals surface area (Å²) in [5.74, 6) is 0.105. The van der Waals surface area contributed by atoms with Crippen LogP contribution in [0.1, 0.15) is 12.8 Å². The minimum Gasteiger partial charge on any atom is -0.383 e. The maximum Gasteiger partial charge on any atom is 0.260 e. The van der Waals surface area contributed by atoms with Gasteiger partial charge in [-0.2, -0.15) is 0 Å². The fourth-order valence-corrected chi connectivity index (χ4v) is 2.16. The quantitative estimate of drug-likeness (QED) is 0.655. The predicted molar refractivity (Wildman–Crippen MR) is 52.5 cm³/mol. The summed E-state index contributed by atoms with van der Waals surface area (Å²) in [5.41, 5.74) is 0. The molecule has 4 nitrogen and oxygen atoms in total. The molecule has 0 bridgehead atoms. The van der Waals surface area contributed by atoms with E-state index in [2.05, 4.69) is 5.01 Å². The molecule has 0 spiro atoms. The Morgan fingerprint density at radius 1 is 1.64 bits per heavy atom. The highest BCUT2D eigenvalue weighted by atomic mass is 16.5. The van der Waals surface area contributed by atoms with Crippen LogP contribution < -0.4 is 0 Å². The number of carbonyl (C=O) groups is 1. The van der Waals surface area contributed by atoms with Gasteiger partial charge in [0.25, 0.3) is 5.91 Å². The van der Waals surface area contributed by atoms with Crippen molar-refractivity contribution in [3.63, 3.8) is 0 Å². The Morgan fingerprint density at radius 2 is 2.50 bits per heavy atom. The largest absolute Gasteiger partial charge is 0.383 e. The Balaban J connectivity index is 1.99. The lowest BCUT2D eigenvalue weighted by Crippen LogP contribution is -2.47. The second kappa shape index (κ2) is 4.11. The number of hydrazine groups is 1.